The summed E-state index contributed by atoms with van der Waals surface area (Å²) in [5.74, 6) is -0.947. The van der Waals surface area contributed by atoms with Crippen molar-refractivity contribution in [3.05, 3.63) is 47.5 Å². The zero-order valence-electron chi connectivity index (χ0n) is 21.8. The Morgan fingerprint density at radius 1 is 0.878 bits per heavy atom. The lowest BCUT2D eigenvalue weighted by atomic mass is 9.95. The van der Waals surface area contributed by atoms with Crippen molar-refractivity contribution in [2.45, 2.75) is 80.9 Å². The third-order valence-corrected chi connectivity index (χ3v) is 7.42. The largest absolute Gasteiger partial charge is 0.508 e. The van der Waals surface area contributed by atoms with E-state index in [0.717, 1.165) is 6.07 Å². The van der Waals surface area contributed by atoms with Gasteiger partial charge >= 0.3 is 0 Å². The minimum Gasteiger partial charge on any atom is -0.508 e. The number of fused-ring (bicyclic) bond motifs is 1. The number of rotatable bonds is 6. The Bertz CT molecular complexity index is 1240. The summed E-state index contributed by atoms with van der Waals surface area (Å²) in [6.07, 6.45) is -16.0. The number of ether oxygens (including phenoxy) is 5. The van der Waals surface area contributed by atoms with Crippen molar-refractivity contribution in [2.24, 2.45) is 0 Å². The van der Waals surface area contributed by atoms with E-state index in [1.807, 2.05) is 0 Å². The van der Waals surface area contributed by atoms with Gasteiger partial charge in [0.15, 0.2) is 18.2 Å². The minimum absolute atomic E-state index is 0.0149. The smallest absolute Gasteiger partial charge is 0.229 e. The SMILES string of the molecule is CC1O[C@@H](OC2C(O)[C@@H](O)C(CO)O[C@H]2Oc2cc(O)c3c(c2)OC(c2ccc(O)cc2)CC3=O)C(O)C(O)[C@H]1O. The molecule has 5 rings (SSSR count). The van der Waals surface area contributed by atoms with Crippen LogP contribution in [0.5, 0.6) is 23.0 Å². The number of aromatic hydroxyl groups is 2. The van der Waals surface area contributed by atoms with Crippen LogP contribution in [0.3, 0.4) is 0 Å². The molecular formula is C27H32O14. The molecule has 41 heavy (non-hydrogen) atoms. The lowest BCUT2D eigenvalue weighted by Gasteiger charge is -2.45. The summed E-state index contributed by atoms with van der Waals surface area (Å²) in [4.78, 5) is 12.9. The van der Waals surface area contributed by atoms with Crippen LogP contribution in [-0.2, 0) is 14.2 Å². The van der Waals surface area contributed by atoms with Crippen molar-refractivity contribution in [2.75, 3.05) is 6.61 Å². The standard InChI is InChI=1S/C27H32O14/c1-10-20(32)22(34)24(36)26(37-10)41-25-23(35)21(33)18(9-28)40-27(25)38-13-6-14(30)19-15(31)8-16(39-17(19)7-13)11-2-4-12(29)5-3-11/h2-7,10,16,18,20-30,32-36H,8-9H2,1H3/t10?,16?,18?,20-,21-,22?,23?,24?,25?,26-,27+/m0/s1. The Balaban J connectivity index is 1.41. The van der Waals surface area contributed by atoms with E-state index in [4.69, 9.17) is 23.7 Å². The summed E-state index contributed by atoms with van der Waals surface area (Å²) >= 11 is 0. The molecule has 2 aromatic rings. The molecule has 0 aliphatic carbocycles. The first kappa shape index (κ1) is 29.4. The van der Waals surface area contributed by atoms with Crippen molar-refractivity contribution >= 4 is 5.78 Å². The molecule has 2 aromatic carbocycles. The van der Waals surface area contributed by atoms with Crippen molar-refractivity contribution in [1.82, 2.24) is 0 Å². The van der Waals surface area contributed by atoms with E-state index in [-0.39, 0.29) is 29.2 Å². The highest BCUT2D eigenvalue weighted by Gasteiger charge is 2.51. The van der Waals surface area contributed by atoms with E-state index in [9.17, 15) is 45.6 Å². The third kappa shape index (κ3) is 5.70. The molecule has 0 spiro atoms. The maximum Gasteiger partial charge on any atom is 0.229 e. The first-order valence-electron chi connectivity index (χ1n) is 13.0. The molecule has 0 saturated carbocycles. The molecule has 2 saturated heterocycles. The number of hydrogen-bond donors (Lipinski definition) is 8. The summed E-state index contributed by atoms with van der Waals surface area (Å²) in [6, 6.07) is 8.50. The fourth-order valence-corrected chi connectivity index (χ4v) is 5.07. The average Bonchev–Trinajstić information content (AvgIpc) is 2.94. The number of aliphatic hydroxyl groups excluding tert-OH is 6. The highest BCUT2D eigenvalue weighted by molar-refractivity contribution is 6.02. The molecule has 3 aliphatic heterocycles. The van der Waals surface area contributed by atoms with Gasteiger partial charge in [-0.3, -0.25) is 4.79 Å². The number of benzene rings is 2. The second kappa shape index (κ2) is 11.7. The van der Waals surface area contributed by atoms with E-state index in [1.54, 1.807) is 12.1 Å². The molecule has 14 heteroatoms. The first-order valence-corrected chi connectivity index (χ1v) is 13.0. The van der Waals surface area contributed by atoms with Gasteiger partial charge in [-0.2, -0.15) is 0 Å². The van der Waals surface area contributed by atoms with Crippen LogP contribution in [0.4, 0.5) is 0 Å². The van der Waals surface area contributed by atoms with Gasteiger partial charge in [0.05, 0.1) is 19.1 Å². The predicted molar refractivity (Wildman–Crippen MR) is 134 cm³/mol. The van der Waals surface area contributed by atoms with Crippen LogP contribution in [0.1, 0.15) is 35.4 Å². The van der Waals surface area contributed by atoms with E-state index in [0.29, 0.717) is 5.56 Å². The third-order valence-electron chi connectivity index (χ3n) is 7.42. The molecule has 224 valence electrons. The Morgan fingerprint density at radius 3 is 2.27 bits per heavy atom. The Kier molecular flexibility index (Phi) is 8.39. The maximum atomic E-state index is 12.9. The molecule has 3 heterocycles. The van der Waals surface area contributed by atoms with Gasteiger partial charge in [-0.1, -0.05) is 12.1 Å². The molecule has 8 N–H and O–H groups in total. The maximum absolute atomic E-state index is 12.9. The second-order valence-electron chi connectivity index (χ2n) is 10.2. The summed E-state index contributed by atoms with van der Waals surface area (Å²) in [5, 5.41) is 81.6. The quantitative estimate of drug-likeness (QED) is 0.202. The van der Waals surface area contributed by atoms with Crippen LogP contribution in [0.25, 0.3) is 0 Å². The predicted octanol–water partition coefficient (Wildman–Crippen LogP) is -1.17. The second-order valence-corrected chi connectivity index (χ2v) is 10.2. The highest BCUT2D eigenvalue weighted by atomic mass is 16.8. The molecule has 11 atom stereocenters. The molecule has 3 aliphatic rings. The molecule has 7 unspecified atom stereocenters. The fourth-order valence-electron chi connectivity index (χ4n) is 5.07. The van der Waals surface area contributed by atoms with Gasteiger partial charge in [-0.25, -0.2) is 0 Å². The van der Waals surface area contributed by atoms with Gasteiger partial charge in [-0.05, 0) is 24.6 Å². The normalized spacial score (nSPS) is 37.2. The fraction of sp³-hybridized carbons (Fsp3) is 0.519. The van der Waals surface area contributed by atoms with Gasteiger partial charge in [0.25, 0.3) is 0 Å². The summed E-state index contributed by atoms with van der Waals surface area (Å²) in [6.45, 7) is 0.716. The summed E-state index contributed by atoms with van der Waals surface area (Å²) < 4.78 is 28.6. The van der Waals surface area contributed by atoms with E-state index in [2.05, 4.69) is 0 Å². The summed E-state index contributed by atoms with van der Waals surface area (Å²) in [7, 11) is 0. The molecule has 0 bridgehead atoms. The van der Waals surface area contributed by atoms with Crippen LogP contribution >= 0.6 is 0 Å². The minimum atomic E-state index is -1.75. The first-order chi connectivity index (χ1) is 19.5. The van der Waals surface area contributed by atoms with E-state index < -0.39 is 85.7 Å². The number of phenolic OH excluding ortho intramolecular Hbond substituents is 2. The van der Waals surface area contributed by atoms with Crippen molar-refractivity contribution in [1.29, 1.82) is 0 Å². The molecule has 2 fully saturated rings. The lowest BCUT2D eigenvalue weighted by molar-refractivity contribution is -0.354. The Hall–Kier alpha value is -3.05. The number of ketones is 1. The number of carbonyl (C=O) groups excluding carboxylic acids is 1. The molecule has 0 amide bonds. The van der Waals surface area contributed by atoms with Crippen molar-refractivity contribution in [3.8, 4) is 23.0 Å². The zero-order valence-corrected chi connectivity index (χ0v) is 21.8. The number of aliphatic hydroxyl groups is 6. The van der Waals surface area contributed by atoms with Crippen molar-refractivity contribution in [3.63, 3.8) is 0 Å². The van der Waals surface area contributed by atoms with Gasteiger partial charge < -0.3 is 64.5 Å². The van der Waals surface area contributed by atoms with Crippen LogP contribution in [-0.4, -0.2) is 115 Å². The lowest BCUT2D eigenvalue weighted by Crippen LogP contribution is -2.64. The highest BCUT2D eigenvalue weighted by Crippen LogP contribution is 2.43. The topological polar surface area (TPSA) is 225 Å². The molecule has 14 nitrogen and oxygen atoms in total. The number of Topliss-reactive ketones (excluding diaryl/α,β-unsaturated/α-hetero) is 1. The van der Waals surface area contributed by atoms with Gasteiger partial charge in [0.2, 0.25) is 6.29 Å². The monoisotopic (exact) mass is 580 g/mol. The van der Waals surface area contributed by atoms with Gasteiger partial charge in [0, 0.05) is 12.1 Å². The molecule has 0 aromatic heterocycles. The zero-order chi connectivity index (χ0) is 29.6. The molecular weight excluding hydrogens is 548 g/mol. The van der Waals surface area contributed by atoms with Crippen LogP contribution < -0.4 is 9.47 Å². The van der Waals surface area contributed by atoms with Gasteiger partial charge in [0.1, 0.15) is 71.3 Å². The summed E-state index contributed by atoms with van der Waals surface area (Å²) in [5.41, 5.74) is 0.529. The number of hydrogen-bond acceptors (Lipinski definition) is 14. The molecule has 0 radical (unpaired) electrons. The average molecular weight is 581 g/mol. The number of carbonyl (C=O) groups is 1. The van der Waals surface area contributed by atoms with Crippen LogP contribution in [0.2, 0.25) is 0 Å². The van der Waals surface area contributed by atoms with Crippen molar-refractivity contribution < 1.29 is 69.3 Å². The van der Waals surface area contributed by atoms with E-state index >= 15 is 0 Å². The van der Waals surface area contributed by atoms with Crippen LogP contribution in [0.15, 0.2) is 36.4 Å². The number of phenols is 2. The van der Waals surface area contributed by atoms with Gasteiger partial charge in [-0.15, -0.1) is 0 Å². The Morgan fingerprint density at radius 2 is 1.59 bits per heavy atom. The van der Waals surface area contributed by atoms with E-state index in [1.165, 1.54) is 25.1 Å². The Labute approximate surface area is 233 Å². The van der Waals surface area contributed by atoms with Crippen LogP contribution in [0, 0.1) is 0 Å².